The molecule has 0 saturated heterocycles. The summed E-state index contributed by atoms with van der Waals surface area (Å²) in [5, 5.41) is 21.7. The first-order chi connectivity index (χ1) is 7.60. The van der Waals surface area contributed by atoms with E-state index in [9.17, 15) is 5.11 Å². The van der Waals surface area contributed by atoms with Crippen LogP contribution >= 0.6 is 11.6 Å². The van der Waals surface area contributed by atoms with E-state index >= 15 is 0 Å². The minimum atomic E-state index is -0.417. The van der Waals surface area contributed by atoms with E-state index in [1.807, 2.05) is 13.0 Å². The van der Waals surface area contributed by atoms with E-state index in [0.717, 1.165) is 17.7 Å². The Morgan fingerprint density at radius 1 is 1.56 bits per heavy atom. The second-order valence-corrected chi connectivity index (χ2v) is 4.03. The number of anilines is 1. The van der Waals surface area contributed by atoms with Crippen LogP contribution in [0.4, 0.5) is 5.69 Å². The second kappa shape index (κ2) is 5.74. The van der Waals surface area contributed by atoms with Crippen molar-refractivity contribution in [3.05, 3.63) is 28.3 Å². The van der Waals surface area contributed by atoms with Gasteiger partial charge in [0.2, 0.25) is 0 Å². The Bertz CT molecular complexity index is 410. The van der Waals surface area contributed by atoms with Gasteiger partial charge in [0.25, 0.3) is 0 Å². The van der Waals surface area contributed by atoms with Crippen LogP contribution in [0.15, 0.2) is 12.1 Å². The third-order valence-corrected chi connectivity index (χ3v) is 2.74. The number of benzene rings is 1. The molecule has 1 unspecified atom stereocenters. The van der Waals surface area contributed by atoms with Crippen molar-refractivity contribution in [3.8, 4) is 6.07 Å². The number of rotatable bonds is 4. The van der Waals surface area contributed by atoms with Crippen LogP contribution in [0.3, 0.4) is 0 Å². The number of hydrogen-bond acceptors (Lipinski definition) is 3. The van der Waals surface area contributed by atoms with E-state index in [2.05, 4.69) is 11.4 Å². The summed E-state index contributed by atoms with van der Waals surface area (Å²) in [7, 11) is 0. The highest BCUT2D eigenvalue weighted by molar-refractivity contribution is 6.32. The minimum absolute atomic E-state index is 0.417. The number of halogens is 1. The molecule has 1 rings (SSSR count). The molecule has 1 aromatic rings. The summed E-state index contributed by atoms with van der Waals surface area (Å²) in [4.78, 5) is 0. The molecule has 16 heavy (non-hydrogen) atoms. The number of aliphatic hydroxyl groups excluding tert-OH is 1. The molecule has 0 aromatic heterocycles. The van der Waals surface area contributed by atoms with Crippen molar-refractivity contribution in [2.24, 2.45) is 0 Å². The van der Waals surface area contributed by atoms with Crippen molar-refractivity contribution < 1.29 is 5.11 Å². The molecule has 0 heterocycles. The van der Waals surface area contributed by atoms with Crippen LogP contribution in [-0.4, -0.2) is 17.8 Å². The standard InChI is InChI=1S/C12H15ClN2O/c1-3-10-11(15-7-8(2)16)5-4-9(6-14)12(10)13/h4-5,8,15-16H,3,7H2,1-2H3. The maximum Gasteiger partial charge on any atom is 0.101 e. The van der Waals surface area contributed by atoms with Gasteiger partial charge in [-0.05, 0) is 31.0 Å². The Morgan fingerprint density at radius 3 is 2.75 bits per heavy atom. The summed E-state index contributed by atoms with van der Waals surface area (Å²) >= 11 is 6.10. The highest BCUT2D eigenvalue weighted by Gasteiger charge is 2.10. The van der Waals surface area contributed by atoms with E-state index in [1.54, 1.807) is 13.0 Å². The molecule has 0 fully saturated rings. The molecule has 4 heteroatoms. The summed E-state index contributed by atoms with van der Waals surface area (Å²) < 4.78 is 0. The molecule has 0 saturated carbocycles. The molecule has 1 aromatic carbocycles. The molecule has 3 nitrogen and oxygen atoms in total. The quantitative estimate of drug-likeness (QED) is 0.848. The lowest BCUT2D eigenvalue weighted by molar-refractivity contribution is 0.208. The van der Waals surface area contributed by atoms with Gasteiger partial charge in [0.1, 0.15) is 6.07 Å². The number of nitrogens with one attached hydrogen (secondary N) is 1. The molecule has 0 radical (unpaired) electrons. The van der Waals surface area contributed by atoms with Gasteiger partial charge in [-0.3, -0.25) is 0 Å². The topological polar surface area (TPSA) is 56.0 Å². The van der Waals surface area contributed by atoms with E-state index in [1.165, 1.54) is 0 Å². The van der Waals surface area contributed by atoms with E-state index in [0.29, 0.717) is 17.1 Å². The van der Waals surface area contributed by atoms with Gasteiger partial charge >= 0.3 is 0 Å². The lowest BCUT2D eigenvalue weighted by atomic mass is 10.1. The summed E-state index contributed by atoms with van der Waals surface area (Å²) in [6.45, 7) is 4.16. The zero-order chi connectivity index (χ0) is 12.1. The summed E-state index contributed by atoms with van der Waals surface area (Å²) in [5.74, 6) is 0. The van der Waals surface area contributed by atoms with Crippen LogP contribution in [0.2, 0.25) is 5.02 Å². The Morgan fingerprint density at radius 2 is 2.25 bits per heavy atom. The largest absolute Gasteiger partial charge is 0.392 e. The molecular weight excluding hydrogens is 224 g/mol. The molecule has 0 spiro atoms. The van der Waals surface area contributed by atoms with Gasteiger partial charge in [0.05, 0.1) is 16.7 Å². The first-order valence-corrected chi connectivity index (χ1v) is 5.61. The van der Waals surface area contributed by atoms with Gasteiger partial charge in [0.15, 0.2) is 0 Å². The predicted octanol–water partition coefficient (Wildman–Crippen LogP) is 2.57. The smallest absolute Gasteiger partial charge is 0.101 e. The molecule has 0 aliphatic rings. The zero-order valence-electron chi connectivity index (χ0n) is 9.42. The first-order valence-electron chi connectivity index (χ1n) is 5.23. The average molecular weight is 239 g/mol. The van der Waals surface area contributed by atoms with Crippen molar-refractivity contribution in [3.63, 3.8) is 0 Å². The monoisotopic (exact) mass is 238 g/mol. The zero-order valence-corrected chi connectivity index (χ0v) is 10.2. The molecule has 0 aliphatic heterocycles. The van der Waals surface area contributed by atoms with Crippen molar-refractivity contribution in [1.29, 1.82) is 5.26 Å². The highest BCUT2D eigenvalue weighted by atomic mass is 35.5. The number of nitriles is 1. The third kappa shape index (κ3) is 2.88. The van der Waals surface area contributed by atoms with Gasteiger partial charge in [-0.2, -0.15) is 5.26 Å². The van der Waals surface area contributed by atoms with Crippen LogP contribution in [-0.2, 0) is 6.42 Å². The van der Waals surface area contributed by atoms with Crippen molar-refractivity contribution in [2.75, 3.05) is 11.9 Å². The Labute approximate surface area is 101 Å². The Hall–Kier alpha value is -1.24. The highest BCUT2D eigenvalue weighted by Crippen LogP contribution is 2.28. The Kier molecular flexibility index (Phi) is 4.60. The van der Waals surface area contributed by atoms with Gasteiger partial charge in [-0.25, -0.2) is 0 Å². The fourth-order valence-electron chi connectivity index (χ4n) is 1.48. The molecule has 0 amide bonds. The number of nitrogens with zero attached hydrogens (tertiary/aromatic N) is 1. The van der Waals surface area contributed by atoms with E-state index < -0.39 is 6.10 Å². The number of hydrogen-bond donors (Lipinski definition) is 2. The fourth-order valence-corrected chi connectivity index (χ4v) is 1.82. The van der Waals surface area contributed by atoms with Crippen molar-refractivity contribution in [1.82, 2.24) is 0 Å². The van der Waals surface area contributed by atoms with E-state index in [-0.39, 0.29) is 0 Å². The van der Waals surface area contributed by atoms with Crippen LogP contribution in [0.1, 0.15) is 25.0 Å². The number of aliphatic hydroxyl groups is 1. The molecule has 1 atom stereocenters. The maximum atomic E-state index is 9.20. The van der Waals surface area contributed by atoms with Gasteiger partial charge in [-0.1, -0.05) is 18.5 Å². The lowest BCUT2D eigenvalue weighted by Gasteiger charge is -2.14. The van der Waals surface area contributed by atoms with Crippen LogP contribution in [0, 0.1) is 11.3 Å². The third-order valence-electron chi connectivity index (χ3n) is 2.31. The maximum absolute atomic E-state index is 9.20. The molecule has 0 bridgehead atoms. The van der Waals surface area contributed by atoms with Crippen LogP contribution in [0.25, 0.3) is 0 Å². The second-order valence-electron chi connectivity index (χ2n) is 3.65. The lowest BCUT2D eigenvalue weighted by Crippen LogP contribution is -2.16. The van der Waals surface area contributed by atoms with Crippen LogP contribution in [0.5, 0.6) is 0 Å². The van der Waals surface area contributed by atoms with Gasteiger partial charge in [-0.15, -0.1) is 0 Å². The molecule has 0 aliphatic carbocycles. The SMILES string of the molecule is CCc1c(NCC(C)O)ccc(C#N)c1Cl. The summed E-state index contributed by atoms with van der Waals surface area (Å²) in [6.07, 6.45) is 0.329. The first kappa shape index (κ1) is 12.8. The Balaban J connectivity index is 3.02. The summed E-state index contributed by atoms with van der Waals surface area (Å²) in [6, 6.07) is 5.56. The molecular formula is C12H15ClN2O. The normalized spacial score (nSPS) is 11.9. The van der Waals surface area contributed by atoms with E-state index in [4.69, 9.17) is 16.9 Å². The van der Waals surface area contributed by atoms with Crippen molar-refractivity contribution in [2.45, 2.75) is 26.4 Å². The molecule has 2 N–H and O–H groups in total. The summed E-state index contributed by atoms with van der Waals surface area (Å²) in [5.41, 5.74) is 2.29. The fraction of sp³-hybridized carbons (Fsp3) is 0.417. The predicted molar refractivity (Wildman–Crippen MR) is 65.7 cm³/mol. The van der Waals surface area contributed by atoms with Crippen LogP contribution < -0.4 is 5.32 Å². The minimum Gasteiger partial charge on any atom is -0.392 e. The average Bonchev–Trinajstić information content (AvgIpc) is 2.26. The van der Waals surface area contributed by atoms with Gasteiger partial charge in [0, 0.05) is 12.2 Å². The van der Waals surface area contributed by atoms with Crippen molar-refractivity contribution >= 4 is 17.3 Å². The van der Waals surface area contributed by atoms with Gasteiger partial charge < -0.3 is 10.4 Å². The molecule has 86 valence electrons.